The Balaban J connectivity index is 1.66. The number of hydrogen-bond donors (Lipinski definition) is 3. The SMILES string of the molecule is CC(NC(=O)N[C@@H]1c2ccccc2C[C@@H]1O)c1ccc(F)c(F)c1. The Morgan fingerprint density at radius 2 is 1.96 bits per heavy atom. The van der Waals surface area contributed by atoms with Gasteiger partial charge in [0.05, 0.1) is 18.2 Å². The van der Waals surface area contributed by atoms with E-state index in [1.807, 2.05) is 24.3 Å². The quantitative estimate of drug-likeness (QED) is 0.809. The molecule has 2 amide bonds. The maximum absolute atomic E-state index is 13.3. The molecule has 4 nitrogen and oxygen atoms in total. The second-order valence-corrected chi connectivity index (χ2v) is 5.96. The average Bonchev–Trinajstić information content (AvgIpc) is 2.86. The molecule has 6 heteroatoms. The lowest BCUT2D eigenvalue weighted by Crippen LogP contribution is -2.41. The van der Waals surface area contributed by atoms with Crippen LogP contribution >= 0.6 is 0 Å². The Morgan fingerprint density at radius 1 is 1.21 bits per heavy atom. The highest BCUT2D eigenvalue weighted by Gasteiger charge is 2.32. The lowest BCUT2D eigenvalue weighted by Gasteiger charge is -2.21. The summed E-state index contributed by atoms with van der Waals surface area (Å²) >= 11 is 0. The monoisotopic (exact) mass is 332 g/mol. The molecular weight excluding hydrogens is 314 g/mol. The van der Waals surface area contributed by atoms with Crippen molar-refractivity contribution in [2.75, 3.05) is 0 Å². The van der Waals surface area contributed by atoms with E-state index in [0.29, 0.717) is 12.0 Å². The summed E-state index contributed by atoms with van der Waals surface area (Å²) in [5.74, 6) is -1.89. The molecule has 2 aromatic rings. The van der Waals surface area contributed by atoms with Gasteiger partial charge in [-0.25, -0.2) is 13.6 Å². The third-order valence-electron chi connectivity index (χ3n) is 4.28. The van der Waals surface area contributed by atoms with E-state index < -0.39 is 35.9 Å². The van der Waals surface area contributed by atoms with Crippen LogP contribution in [0.1, 0.15) is 35.7 Å². The predicted octanol–water partition coefficient (Wildman–Crippen LogP) is 2.98. The van der Waals surface area contributed by atoms with Crippen LogP contribution in [-0.4, -0.2) is 17.2 Å². The second kappa shape index (κ2) is 6.57. The molecule has 0 fully saturated rings. The van der Waals surface area contributed by atoms with E-state index in [1.54, 1.807) is 6.92 Å². The highest BCUT2D eigenvalue weighted by Crippen LogP contribution is 2.31. The lowest BCUT2D eigenvalue weighted by molar-refractivity contribution is 0.142. The van der Waals surface area contributed by atoms with Crippen LogP contribution in [0.3, 0.4) is 0 Å². The highest BCUT2D eigenvalue weighted by molar-refractivity contribution is 5.75. The Labute approximate surface area is 138 Å². The van der Waals surface area contributed by atoms with E-state index in [9.17, 15) is 18.7 Å². The number of halogens is 2. The van der Waals surface area contributed by atoms with Gasteiger partial charge in [0, 0.05) is 6.42 Å². The minimum absolute atomic E-state index is 0.455. The number of nitrogens with one attached hydrogen (secondary N) is 2. The van der Waals surface area contributed by atoms with Crippen molar-refractivity contribution in [3.63, 3.8) is 0 Å². The molecule has 0 heterocycles. The molecule has 0 aromatic heterocycles. The summed E-state index contributed by atoms with van der Waals surface area (Å²) in [5, 5.41) is 15.6. The first-order chi connectivity index (χ1) is 11.5. The molecule has 0 spiro atoms. The van der Waals surface area contributed by atoms with Crippen molar-refractivity contribution < 1.29 is 18.7 Å². The number of carbonyl (C=O) groups excluding carboxylic acids is 1. The van der Waals surface area contributed by atoms with Gasteiger partial charge < -0.3 is 15.7 Å². The van der Waals surface area contributed by atoms with Crippen LogP contribution < -0.4 is 10.6 Å². The normalized spacial score (nSPS) is 20.3. The number of aliphatic hydroxyl groups excluding tert-OH is 1. The molecule has 2 aromatic carbocycles. The largest absolute Gasteiger partial charge is 0.390 e. The maximum Gasteiger partial charge on any atom is 0.315 e. The molecule has 0 bridgehead atoms. The number of rotatable bonds is 3. The summed E-state index contributed by atoms with van der Waals surface area (Å²) in [7, 11) is 0. The first-order valence-corrected chi connectivity index (χ1v) is 7.73. The molecule has 3 atom stereocenters. The fraction of sp³-hybridized carbons (Fsp3) is 0.278. The third kappa shape index (κ3) is 3.23. The summed E-state index contributed by atoms with van der Waals surface area (Å²) in [6, 6.07) is 9.56. The van der Waals surface area contributed by atoms with Crippen LogP contribution in [0.4, 0.5) is 13.6 Å². The van der Waals surface area contributed by atoms with Crippen molar-refractivity contribution >= 4 is 6.03 Å². The van der Waals surface area contributed by atoms with Crippen LogP contribution in [0.25, 0.3) is 0 Å². The molecule has 1 aliphatic carbocycles. The predicted molar refractivity (Wildman–Crippen MR) is 85.3 cm³/mol. The molecule has 0 saturated heterocycles. The number of carbonyl (C=O) groups is 1. The zero-order valence-corrected chi connectivity index (χ0v) is 13.1. The highest BCUT2D eigenvalue weighted by atomic mass is 19.2. The summed E-state index contributed by atoms with van der Waals surface area (Å²) < 4.78 is 26.3. The first kappa shape index (κ1) is 16.4. The van der Waals surface area contributed by atoms with Crippen molar-refractivity contribution in [2.45, 2.75) is 31.5 Å². The molecule has 0 saturated carbocycles. The fourth-order valence-corrected chi connectivity index (χ4v) is 2.99. The van der Waals surface area contributed by atoms with E-state index in [-0.39, 0.29) is 0 Å². The molecule has 3 N–H and O–H groups in total. The summed E-state index contributed by atoms with van der Waals surface area (Å²) in [5.41, 5.74) is 2.35. The number of hydrogen-bond acceptors (Lipinski definition) is 2. The molecule has 126 valence electrons. The van der Waals surface area contributed by atoms with E-state index in [2.05, 4.69) is 10.6 Å². The number of aliphatic hydroxyl groups is 1. The van der Waals surface area contributed by atoms with E-state index in [1.165, 1.54) is 6.07 Å². The van der Waals surface area contributed by atoms with Gasteiger partial charge in [-0.15, -0.1) is 0 Å². The number of amides is 2. The molecule has 0 radical (unpaired) electrons. The van der Waals surface area contributed by atoms with Gasteiger partial charge in [0.25, 0.3) is 0 Å². The van der Waals surface area contributed by atoms with Crippen molar-refractivity contribution in [3.05, 3.63) is 70.8 Å². The Kier molecular flexibility index (Phi) is 4.49. The van der Waals surface area contributed by atoms with Gasteiger partial charge in [-0.3, -0.25) is 0 Å². The van der Waals surface area contributed by atoms with Crippen LogP contribution in [0.5, 0.6) is 0 Å². The summed E-state index contributed by atoms with van der Waals surface area (Å²) in [4.78, 5) is 12.2. The van der Waals surface area contributed by atoms with Gasteiger partial charge in [0.1, 0.15) is 0 Å². The molecule has 24 heavy (non-hydrogen) atoms. The number of urea groups is 1. The van der Waals surface area contributed by atoms with Crippen LogP contribution in [0.2, 0.25) is 0 Å². The number of benzene rings is 2. The van der Waals surface area contributed by atoms with Crippen molar-refractivity contribution in [1.29, 1.82) is 0 Å². The molecule has 1 aliphatic rings. The summed E-state index contributed by atoms with van der Waals surface area (Å²) in [6.45, 7) is 1.67. The van der Waals surface area contributed by atoms with Crippen molar-refractivity contribution in [1.82, 2.24) is 10.6 Å². The smallest absolute Gasteiger partial charge is 0.315 e. The molecule has 0 aliphatic heterocycles. The minimum Gasteiger partial charge on any atom is -0.390 e. The zero-order valence-electron chi connectivity index (χ0n) is 13.1. The summed E-state index contributed by atoms with van der Waals surface area (Å²) in [6.07, 6.45) is -0.202. The lowest BCUT2D eigenvalue weighted by atomic mass is 10.1. The van der Waals surface area contributed by atoms with E-state index >= 15 is 0 Å². The fourth-order valence-electron chi connectivity index (χ4n) is 2.99. The van der Waals surface area contributed by atoms with E-state index in [4.69, 9.17) is 0 Å². The minimum atomic E-state index is -0.957. The Bertz CT molecular complexity index is 766. The van der Waals surface area contributed by atoms with Gasteiger partial charge in [0.2, 0.25) is 0 Å². The average molecular weight is 332 g/mol. The second-order valence-electron chi connectivity index (χ2n) is 5.96. The van der Waals surface area contributed by atoms with Crippen LogP contribution in [0.15, 0.2) is 42.5 Å². The van der Waals surface area contributed by atoms with Gasteiger partial charge >= 0.3 is 6.03 Å². The number of fused-ring (bicyclic) bond motifs is 1. The van der Waals surface area contributed by atoms with Gasteiger partial charge in [-0.2, -0.15) is 0 Å². The molecular formula is C18H18F2N2O2. The molecule has 1 unspecified atom stereocenters. The zero-order chi connectivity index (χ0) is 17.3. The molecule has 3 rings (SSSR count). The van der Waals surface area contributed by atoms with Gasteiger partial charge in [-0.1, -0.05) is 30.3 Å². The van der Waals surface area contributed by atoms with Crippen molar-refractivity contribution in [2.24, 2.45) is 0 Å². The Hall–Kier alpha value is -2.47. The van der Waals surface area contributed by atoms with E-state index in [0.717, 1.165) is 23.3 Å². The third-order valence-corrected chi connectivity index (χ3v) is 4.28. The Morgan fingerprint density at radius 3 is 2.71 bits per heavy atom. The van der Waals surface area contributed by atoms with Crippen LogP contribution in [0, 0.1) is 11.6 Å². The van der Waals surface area contributed by atoms with Gasteiger partial charge in [-0.05, 0) is 35.7 Å². The van der Waals surface area contributed by atoms with Crippen molar-refractivity contribution in [3.8, 4) is 0 Å². The topological polar surface area (TPSA) is 61.4 Å². The standard InChI is InChI=1S/C18H18F2N2O2/c1-10(11-6-7-14(19)15(20)8-11)21-18(24)22-17-13-5-3-2-4-12(13)9-16(17)23/h2-8,10,16-17,23H,9H2,1H3,(H2,21,22,24)/t10?,16-,17+/m0/s1. The van der Waals surface area contributed by atoms with Gasteiger partial charge in [0.15, 0.2) is 11.6 Å². The first-order valence-electron chi connectivity index (χ1n) is 7.73. The van der Waals surface area contributed by atoms with Crippen LogP contribution in [-0.2, 0) is 6.42 Å². The maximum atomic E-state index is 13.3.